The van der Waals surface area contributed by atoms with Gasteiger partial charge >= 0.3 is 20.7 Å². The van der Waals surface area contributed by atoms with Crippen LogP contribution in [0.3, 0.4) is 0 Å². The molecule has 4 aromatic rings. The van der Waals surface area contributed by atoms with E-state index < -0.39 is 0 Å². The van der Waals surface area contributed by atoms with Crippen LogP contribution in [-0.4, -0.2) is 205 Å². The number of aromatic nitrogens is 2. The average Bonchev–Trinajstić information content (AvgIpc) is 4.08. The van der Waals surface area contributed by atoms with E-state index in [1.165, 1.54) is 54.1 Å². The van der Waals surface area contributed by atoms with Crippen LogP contribution in [0.4, 0.5) is 23.3 Å². The van der Waals surface area contributed by atoms with Crippen molar-refractivity contribution in [1.29, 1.82) is 0 Å². The minimum Gasteiger partial charge on any atom is -0.351 e. The van der Waals surface area contributed by atoms with Crippen LogP contribution in [0, 0.1) is 11.8 Å². The van der Waals surface area contributed by atoms with Crippen molar-refractivity contribution in [3.63, 3.8) is 0 Å². The maximum absolute atomic E-state index is 4.05. The summed E-state index contributed by atoms with van der Waals surface area (Å²) in [6.45, 7) is 0. The van der Waals surface area contributed by atoms with Crippen LogP contribution in [0.2, 0.25) is 0 Å². The fraction of sp³-hybridized carbons (Fsp3) is 0.429. The zero-order valence-corrected chi connectivity index (χ0v) is 50.5. The minimum atomic E-state index is -0.175. The fourth-order valence-electron chi connectivity index (χ4n) is 10.7. The Hall–Kier alpha value is -5.96. The summed E-state index contributed by atoms with van der Waals surface area (Å²) < 4.78 is 8.75. The summed E-state index contributed by atoms with van der Waals surface area (Å²) >= 11 is 7.40. The zero-order chi connectivity index (χ0) is 54.3. The van der Waals surface area contributed by atoms with Crippen LogP contribution in [0.5, 0.6) is 0 Å². The van der Waals surface area contributed by atoms with E-state index >= 15 is 0 Å². The molecule has 3 aliphatic heterocycles. The molecule has 20 heteroatoms. The van der Waals surface area contributed by atoms with E-state index in [1.807, 2.05) is 47.0 Å². The first kappa shape index (κ1) is 54.8. The number of thioether (sulfide) groups is 4. The van der Waals surface area contributed by atoms with Crippen LogP contribution in [0.15, 0.2) is 107 Å². The van der Waals surface area contributed by atoms with Gasteiger partial charge in [0.15, 0.2) is 0 Å². The van der Waals surface area contributed by atoms with Gasteiger partial charge in [-0.15, -0.1) is 0 Å². The first-order chi connectivity index (χ1) is 36.2. The van der Waals surface area contributed by atoms with Gasteiger partial charge in [-0.05, 0) is 81.5 Å². The molecule has 9 rings (SSSR count). The summed E-state index contributed by atoms with van der Waals surface area (Å²) in [6.07, 6.45) is 13.8. The lowest BCUT2D eigenvalue weighted by Gasteiger charge is -2.24. The number of anilines is 4. The Morgan fingerprint density at radius 1 is 0.447 bits per heavy atom. The molecule has 8 N–H and O–H groups in total. The summed E-state index contributed by atoms with van der Waals surface area (Å²) in [6, 6.07) is 13.8. The smallest absolute Gasteiger partial charge is 0.307 e. The van der Waals surface area contributed by atoms with Crippen molar-refractivity contribution in [2.75, 3.05) is 146 Å². The van der Waals surface area contributed by atoms with Crippen molar-refractivity contribution >= 4 is 113 Å². The second-order valence-electron chi connectivity index (χ2n) is 21.6. The van der Waals surface area contributed by atoms with Gasteiger partial charge in [-0.25, -0.2) is 0 Å². The maximum Gasteiger partial charge on any atom is 0.307 e. The Morgan fingerprint density at radius 2 is 0.868 bits per heavy atom. The third-order valence-corrected chi connectivity index (χ3v) is 19.6. The van der Waals surface area contributed by atoms with Gasteiger partial charge in [-0.1, -0.05) is 60.7 Å². The highest BCUT2D eigenvalue weighted by Gasteiger charge is 2.38. The second kappa shape index (κ2) is 22.9. The number of benzene rings is 2. The molecule has 4 unspecified atom stereocenters. The van der Waals surface area contributed by atoms with E-state index in [0.717, 1.165) is 79.5 Å². The first-order valence-corrected chi connectivity index (χ1v) is 29.7. The van der Waals surface area contributed by atoms with Gasteiger partial charge < -0.3 is 41.9 Å². The van der Waals surface area contributed by atoms with Crippen LogP contribution < -0.4 is 31.9 Å². The molecule has 2 aromatic heterocycles. The number of fused-ring (bicyclic) bond motifs is 18. The molecule has 0 saturated heterocycles. The average molecular weight is 1110 g/mol. The number of H-pyrrole nitrogens is 2. The zero-order valence-electron chi connectivity index (χ0n) is 47.3. The van der Waals surface area contributed by atoms with Gasteiger partial charge in [0.1, 0.15) is 47.2 Å². The van der Waals surface area contributed by atoms with E-state index in [0.29, 0.717) is 0 Å². The number of amidine groups is 4. The number of aromatic amines is 2. The standard InChI is InChI=1S/C56H80N16S4/c1-65(2)53(66(3)4)73-29-33-17-21-37-41(25-33)49-57-45(37)62-50-43-27-35(31-75-55(69(9)10)70(11)12)19-23-39(43)47(59-50)64-52-44-28-36(32-76-56(71(13)14)72(15)16)20-24-40(44)48(60-52)63-51-42-26-34(18-22-38(42)46(58-51)61-49)30-74-54(67(5)6)68(7)8/h17-28,37,44-45,52,57-64H,29-32H2,1-16H3/q+4. The van der Waals surface area contributed by atoms with Crippen molar-refractivity contribution in [1.82, 2.24) is 40.2 Å². The number of allylic oxidation sites excluding steroid dienone is 4. The normalized spacial score (nSPS) is 19.0. The van der Waals surface area contributed by atoms with Gasteiger partial charge in [-0.3, -0.25) is 37.9 Å². The SMILES string of the molecule is CN(C)C(SCC1=CC2=C3Nc4[nH]c(c5cc(CSC(N(C)C)=[N+](C)C)ccc45)NC4=C5C=CC(CSC(N(C)C)=[N+](C)C)=CC5C(N4)Nc4[nH]c(c5cc(CSC(N(C)C)=[N+](C)C)ccc45)NC(N3)C2C=C1)=[N+](C)C. The first-order valence-electron chi connectivity index (χ1n) is 25.8. The van der Waals surface area contributed by atoms with Crippen LogP contribution in [-0.2, 0) is 11.5 Å². The molecule has 0 radical (unpaired) electrons. The molecule has 5 heterocycles. The molecule has 5 aliphatic rings. The molecule has 16 nitrogen and oxygen atoms in total. The van der Waals surface area contributed by atoms with E-state index in [2.05, 4.69) is 265 Å². The molecule has 76 heavy (non-hydrogen) atoms. The van der Waals surface area contributed by atoms with Crippen LogP contribution in [0.25, 0.3) is 21.5 Å². The quantitative estimate of drug-likeness (QED) is 0.0515. The number of nitrogens with one attached hydrogen (secondary N) is 8. The summed E-state index contributed by atoms with van der Waals surface area (Å²) in [4.78, 5) is 16.6. The highest BCUT2D eigenvalue weighted by atomic mass is 32.2. The lowest BCUT2D eigenvalue weighted by atomic mass is 9.91. The molecule has 0 amide bonds. The van der Waals surface area contributed by atoms with Gasteiger partial charge in [0.25, 0.3) is 0 Å². The largest absolute Gasteiger partial charge is 0.351 e. The van der Waals surface area contributed by atoms with Gasteiger partial charge in [0.05, 0.1) is 113 Å². The predicted octanol–water partition coefficient (Wildman–Crippen LogP) is 7.21. The number of hydrogen-bond donors (Lipinski definition) is 8. The van der Waals surface area contributed by atoms with E-state index in [1.54, 1.807) is 0 Å². The highest BCUT2D eigenvalue weighted by Crippen LogP contribution is 2.43. The van der Waals surface area contributed by atoms with E-state index in [4.69, 9.17) is 0 Å². The Morgan fingerprint density at radius 3 is 1.38 bits per heavy atom. The minimum absolute atomic E-state index is 0.0234. The molecule has 2 aromatic carbocycles. The molecule has 8 bridgehead atoms. The molecule has 4 atom stereocenters. The van der Waals surface area contributed by atoms with Crippen molar-refractivity contribution in [3.8, 4) is 0 Å². The lowest BCUT2D eigenvalue weighted by Crippen LogP contribution is -2.38. The summed E-state index contributed by atoms with van der Waals surface area (Å²) in [5.41, 5.74) is 7.45. The molecule has 0 saturated carbocycles. The summed E-state index contributed by atoms with van der Waals surface area (Å²) in [5.74, 6) is 9.11. The molecule has 2 aliphatic carbocycles. The van der Waals surface area contributed by atoms with Crippen molar-refractivity contribution in [3.05, 3.63) is 118 Å². The third kappa shape index (κ3) is 11.6. The van der Waals surface area contributed by atoms with E-state index in [-0.39, 0.29) is 24.2 Å². The van der Waals surface area contributed by atoms with Gasteiger partial charge in [-0.2, -0.15) is 0 Å². The Kier molecular flexibility index (Phi) is 16.5. The van der Waals surface area contributed by atoms with Crippen LogP contribution in [0.1, 0.15) is 11.1 Å². The molecule has 0 spiro atoms. The Labute approximate surface area is 467 Å². The fourth-order valence-corrected chi connectivity index (χ4v) is 14.6. The highest BCUT2D eigenvalue weighted by molar-refractivity contribution is 8.14. The van der Waals surface area contributed by atoms with E-state index in [9.17, 15) is 0 Å². The van der Waals surface area contributed by atoms with Crippen LogP contribution >= 0.6 is 47.0 Å². The number of nitrogens with zero attached hydrogens (tertiary/aromatic N) is 8. The Bertz CT molecular complexity index is 3230. The summed E-state index contributed by atoms with van der Waals surface area (Å²) in [5, 5.41) is 33.3. The molecular weight excluding hydrogens is 1020 g/mol. The van der Waals surface area contributed by atoms with Crippen molar-refractivity contribution < 1.29 is 18.3 Å². The monoisotopic (exact) mass is 1100 g/mol. The number of hydrogen-bond acceptors (Lipinski definition) is 10. The van der Waals surface area contributed by atoms with Gasteiger partial charge in [0.2, 0.25) is 0 Å². The predicted molar refractivity (Wildman–Crippen MR) is 331 cm³/mol. The topological polar surface area (TPSA) is 129 Å². The molecule has 0 fully saturated rings. The summed E-state index contributed by atoms with van der Waals surface area (Å²) in [7, 11) is 33.8. The maximum atomic E-state index is 4.05. The van der Waals surface area contributed by atoms with Crippen molar-refractivity contribution in [2.24, 2.45) is 11.8 Å². The molecular formula is C56H80N16S4+4. The number of rotatable bonds is 8. The van der Waals surface area contributed by atoms with Gasteiger partial charge in [0, 0.05) is 67.5 Å². The second-order valence-corrected chi connectivity index (χ2v) is 25.4. The molecule has 404 valence electrons. The lowest BCUT2D eigenvalue weighted by molar-refractivity contribution is -0.466. The Balaban J connectivity index is 1.17. The third-order valence-electron chi connectivity index (χ3n) is 13.7. The van der Waals surface area contributed by atoms with Crippen molar-refractivity contribution in [2.45, 2.75) is 23.8 Å².